The fraction of sp³-hybridized carbons (Fsp3) is 0.125. The van der Waals surface area contributed by atoms with Gasteiger partial charge >= 0.3 is 0 Å². The van der Waals surface area contributed by atoms with Gasteiger partial charge in [-0.3, -0.25) is 4.79 Å². The second-order valence-corrected chi connectivity index (χ2v) is 4.19. The molecule has 1 aromatic carbocycles. The lowest BCUT2D eigenvalue weighted by atomic mass is 10.1. The van der Waals surface area contributed by atoms with Crippen LogP contribution >= 0.6 is 0 Å². The Labute approximate surface area is 117 Å². The van der Waals surface area contributed by atoms with Crippen LogP contribution < -0.4 is 10.3 Å². The lowest BCUT2D eigenvalue weighted by Gasteiger charge is -2.01. The van der Waals surface area contributed by atoms with Crippen LogP contribution in [-0.4, -0.2) is 11.7 Å². The molecule has 0 N–H and O–H groups in total. The molecule has 0 fully saturated rings. The summed E-state index contributed by atoms with van der Waals surface area (Å²) < 4.78 is 6.51. The summed E-state index contributed by atoms with van der Waals surface area (Å²) in [6.45, 7) is 0.0682. The minimum Gasteiger partial charge on any atom is -0.497 e. The highest BCUT2D eigenvalue weighted by atomic mass is 16.5. The number of benzene rings is 1. The lowest BCUT2D eigenvalue weighted by Crippen LogP contribution is -2.17. The first-order chi connectivity index (χ1) is 9.72. The Morgan fingerprint density at radius 2 is 2.00 bits per heavy atom. The summed E-state index contributed by atoms with van der Waals surface area (Å²) in [7, 11) is 1.62. The molecule has 20 heavy (non-hydrogen) atoms. The van der Waals surface area contributed by atoms with Crippen molar-refractivity contribution in [3.63, 3.8) is 0 Å². The van der Waals surface area contributed by atoms with Crippen LogP contribution in [0.3, 0.4) is 0 Å². The van der Waals surface area contributed by atoms with E-state index in [1.807, 2.05) is 42.5 Å². The number of nitriles is 1. The highest BCUT2D eigenvalue weighted by molar-refractivity contribution is 5.69. The van der Waals surface area contributed by atoms with Crippen LogP contribution in [0.1, 0.15) is 11.1 Å². The molecule has 0 unspecified atom stereocenters. The number of ether oxygens (including phenoxy) is 1. The molecule has 0 aliphatic rings. The number of hydrogen-bond acceptors (Lipinski definition) is 3. The lowest BCUT2D eigenvalue weighted by molar-refractivity contribution is 0.414. The fourth-order valence-electron chi connectivity index (χ4n) is 1.77. The van der Waals surface area contributed by atoms with Gasteiger partial charge in [0.25, 0.3) is 5.56 Å². The van der Waals surface area contributed by atoms with Crippen molar-refractivity contribution in [3.8, 4) is 11.8 Å². The van der Waals surface area contributed by atoms with E-state index in [2.05, 4.69) is 0 Å². The first-order valence-electron chi connectivity index (χ1n) is 6.12. The van der Waals surface area contributed by atoms with Crippen LogP contribution in [-0.2, 0) is 6.54 Å². The average molecular weight is 266 g/mol. The molecule has 1 aromatic heterocycles. The summed E-state index contributed by atoms with van der Waals surface area (Å²) in [5.74, 6) is 0.789. The van der Waals surface area contributed by atoms with Crippen LogP contribution in [0.25, 0.3) is 12.2 Å². The highest BCUT2D eigenvalue weighted by Gasteiger charge is 1.96. The summed E-state index contributed by atoms with van der Waals surface area (Å²) in [5.41, 5.74) is 1.61. The normalized spacial score (nSPS) is 10.4. The molecule has 0 saturated carbocycles. The van der Waals surface area contributed by atoms with Gasteiger partial charge in [0.15, 0.2) is 0 Å². The van der Waals surface area contributed by atoms with Gasteiger partial charge in [0.1, 0.15) is 12.3 Å². The molecule has 0 aliphatic carbocycles. The summed E-state index contributed by atoms with van der Waals surface area (Å²) in [5, 5.41) is 8.58. The van der Waals surface area contributed by atoms with Crippen molar-refractivity contribution in [2.75, 3.05) is 7.11 Å². The van der Waals surface area contributed by atoms with Crippen molar-refractivity contribution < 1.29 is 4.74 Å². The monoisotopic (exact) mass is 266 g/mol. The molecule has 0 radical (unpaired) electrons. The van der Waals surface area contributed by atoms with Crippen molar-refractivity contribution in [1.82, 2.24) is 4.57 Å². The molecule has 4 nitrogen and oxygen atoms in total. The number of aromatic nitrogens is 1. The average Bonchev–Trinajstić information content (AvgIpc) is 2.48. The van der Waals surface area contributed by atoms with E-state index in [0.717, 1.165) is 16.9 Å². The maximum absolute atomic E-state index is 11.7. The number of pyridine rings is 1. The second-order valence-electron chi connectivity index (χ2n) is 4.19. The summed E-state index contributed by atoms with van der Waals surface area (Å²) in [6.07, 6.45) is 5.38. The van der Waals surface area contributed by atoms with Gasteiger partial charge in [0, 0.05) is 12.3 Å². The second kappa shape index (κ2) is 6.39. The van der Waals surface area contributed by atoms with Crippen molar-refractivity contribution in [3.05, 3.63) is 64.1 Å². The number of hydrogen-bond donors (Lipinski definition) is 0. The van der Waals surface area contributed by atoms with Gasteiger partial charge in [-0.1, -0.05) is 24.3 Å². The molecule has 0 spiro atoms. The molecular weight excluding hydrogens is 252 g/mol. The fourth-order valence-corrected chi connectivity index (χ4v) is 1.77. The van der Waals surface area contributed by atoms with Crippen molar-refractivity contribution in [2.24, 2.45) is 0 Å². The summed E-state index contributed by atoms with van der Waals surface area (Å²) in [6, 6.07) is 12.9. The van der Waals surface area contributed by atoms with E-state index in [9.17, 15) is 4.79 Å². The van der Waals surface area contributed by atoms with Gasteiger partial charge in [-0.05, 0) is 29.3 Å². The molecule has 4 heteroatoms. The quantitative estimate of drug-likeness (QED) is 0.854. The molecule has 0 bridgehead atoms. The molecular formula is C16H14N2O2. The van der Waals surface area contributed by atoms with Crippen LogP contribution in [0, 0.1) is 11.3 Å². The standard InChI is InChI=1S/C16H14N2O2/c1-20-15-4-2-3-13(11-15)5-6-14-7-9-18(10-8-17)16(19)12-14/h2-7,9,11-12H,10H2,1H3/b6-5+. The van der Waals surface area contributed by atoms with E-state index in [1.165, 1.54) is 10.6 Å². The van der Waals surface area contributed by atoms with Gasteiger partial charge in [0.2, 0.25) is 0 Å². The summed E-state index contributed by atoms with van der Waals surface area (Å²) >= 11 is 0. The zero-order valence-corrected chi connectivity index (χ0v) is 11.1. The third kappa shape index (κ3) is 3.36. The third-order valence-electron chi connectivity index (χ3n) is 2.82. The van der Waals surface area contributed by atoms with Crippen molar-refractivity contribution >= 4 is 12.2 Å². The predicted octanol–water partition coefficient (Wildman–Crippen LogP) is 2.55. The van der Waals surface area contributed by atoms with E-state index in [0.29, 0.717) is 0 Å². The van der Waals surface area contributed by atoms with E-state index in [4.69, 9.17) is 10.00 Å². The van der Waals surface area contributed by atoms with Crippen LogP contribution in [0.15, 0.2) is 47.4 Å². The largest absolute Gasteiger partial charge is 0.497 e. The number of methoxy groups -OCH3 is 1. The highest BCUT2D eigenvalue weighted by Crippen LogP contribution is 2.14. The molecule has 1 heterocycles. The topological polar surface area (TPSA) is 55.0 Å². The first kappa shape index (κ1) is 13.6. The number of rotatable bonds is 4. The van der Waals surface area contributed by atoms with Crippen LogP contribution in [0.2, 0.25) is 0 Å². The van der Waals surface area contributed by atoms with Gasteiger partial charge in [-0.2, -0.15) is 5.26 Å². The Hall–Kier alpha value is -2.80. The van der Waals surface area contributed by atoms with E-state index >= 15 is 0 Å². The Kier molecular flexibility index (Phi) is 4.35. The summed E-state index contributed by atoms with van der Waals surface area (Å²) in [4.78, 5) is 11.7. The van der Waals surface area contributed by atoms with Gasteiger partial charge < -0.3 is 9.30 Å². The van der Waals surface area contributed by atoms with Gasteiger partial charge in [-0.25, -0.2) is 0 Å². The Morgan fingerprint density at radius 1 is 1.25 bits per heavy atom. The maximum Gasteiger partial charge on any atom is 0.252 e. The Balaban J connectivity index is 2.21. The van der Waals surface area contributed by atoms with Gasteiger partial charge in [0.05, 0.1) is 13.2 Å². The van der Waals surface area contributed by atoms with Crippen LogP contribution in [0.4, 0.5) is 0 Å². The van der Waals surface area contributed by atoms with E-state index < -0.39 is 0 Å². The molecule has 2 rings (SSSR count). The first-order valence-corrected chi connectivity index (χ1v) is 6.12. The SMILES string of the molecule is COc1cccc(/C=C/c2ccn(CC#N)c(=O)c2)c1. The smallest absolute Gasteiger partial charge is 0.252 e. The number of nitrogens with zero attached hydrogens (tertiary/aromatic N) is 2. The molecule has 0 atom stereocenters. The van der Waals surface area contributed by atoms with E-state index in [-0.39, 0.29) is 12.1 Å². The zero-order chi connectivity index (χ0) is 14.4. The Morgan fingerprint density at radius 3 is 2.65 bits per heavy atom. The predicted molar refractivity (Wildman–Crippen MR) is 78.2 cm³/mol. The van der Waals surface area contributed by atoms with Crippen molar-refractivity contribution in [1.29, 1.82) is 5.26 Å². The third-order valence-corrected chi connectivity index (χ3v) is 2.82. The molecule has 0 amide bonds. The van der Waals surface area contributed by atoms with E-state index in [1.54, 1.807) is 19.4 Å². The molecule has 2 aromatic rings. The Bertz CT molecular complexity index is 724. The minimum absolute atomic E-state index is 0.0682. The molecule has 0 saturated heterocycles. The van der Waals surface area contributed by atoms with Crippen molar-refractivity contribution in [2.45, 2.75) is 6.54 Å². The zero-order valence-electron chi connectivity index (χ0n) is 11.1. The minimum atomic E-state index is -0.181. The maximum atomic E-state index is 11.7. The van der Waals surface area contributed by atoms with Gasteiger partial charge in [-0.15, -0.1) is 0 Å². The van der Waals surface area contributed by atoms with Crippen LogP contribution in [0.5, 0.6) is 5.75 Å². The molecule has 0 aliphatic heterocycles. The molecule has 100 valence electrons.